The van der Waals surface area contributed by atoms with Crippen LogP contribution in [0.15, 0.2) is 18.2 Å². The van der Waals surface area contributed by atoms with Crippen LogP contribution in [0.5, 0.6) is 11.5 Å². The monoisotopic (exact) mass is 457 g/mol. The van der Waals surface area contributed by atoms with Gasteiger partial charge in [-0.25, -0.2) is 0 Å². The Hall–Kier alpha value is -2.58. The van der Waals surface area contributed by atoms with Crippen LogP contribution in [0.4, 0.5) is 10.7 Å². The second-order valence-electron chi connectivity index (χ2n) is 8.61. The van der Waals surface area contributed by atoms with Crippen LogP contribution in [0.2, 0.25) is 0 Å². The molecule has 2 heterocycles. The SMILES string of the molecule is COc1ccc(NC(=O)c2c(NC(=O)CN3CCC[C@@H](C)C3)sc3c2CCC3)c(OC)c1. The summed E-state index contributed by atoms with van der Waals surface area (Å²) in [4.78, 5) is 29.5. The van der Waals surface area contributed by atoms with E-state index in [2.05, 4.69) is 22.5 Å². The topological polar surface area (TPSA) is 79.9 Å². The molecule has 0 unspecified atom stereocenters. The highest BCUT2D eigenvalue weighted by atomic mass is 32.1. The summed E-state index contributed by atoms with van der Waals surface area (Å²) in [7, 11) is 3.14. The zero-order valence-electron chi connectivity index (χ0n) is 19.0. The highest BCUT2D eigenvalue weighted by molar-refractivity contribution is 7.17. The first kappa shape index (κ1) is 22.6. The first-order valence-electron chi connectivity index (χ1n) is 11.2. The number of piperidine rings is 1. The van der Waals surface area contributed by atoms with Gasteiger partial charge in [-0.1, -0.05) is 6.92 Å². The third-order valence-electron chi connectivity index (χ3n) is 6.17. The molecule has 1 aromatic heterocycles. The fraction of sp³-hybridized carbons (Fsp3) is 0.500. The Kier molecular flexibility index (Phi) is 7.01. The van der Waals surface area contributed by atoms with Crippen molar-refractivity contribution in [2.75, 3.05) is 44.5 Å². The number of carbonyl (C=O) groups is 2. The molecule has 2 aromatic rings. The van der Waals surface area contributed by atoms with Gasteiger partial charge in [0.05, 0.1) is 32.0 Å². The standard InChI is InChI=1S/C24H31N3O4S/c1-15-6-5-11-27(13-15)14-21(28)26-24-22(17-7-4-8-20(17)32-24)23(29)25-18-10-9-16(30-2)12-19(18)31-3/h9-10,12,15H,4-8,11,13-14H2,1-3H3,(H,25,29)(H,26,28)/t15-/m1/s1. The lowest BCUT2D eigenvalue weighted by atomic mass is 10.0. The van der Waals surface area contributed by atoms with E-state index in [1.54, 1.807) is 32.4 Å². The summed E-state index contributed by atoms with van der Waals surface area (Å²) in [5.74, 6) is 1.50. The Morgan fingerprint density at radius 2 is 2.00 bits per heavy atom. The molecule has 1 aromatic carbocycles. The Morgan fingerprint density at radius 3 is 2.75 bits per heavy atom. The molecule has 1 fully saturated rings. The van der Waals surface area contributed by atoms with Crippen molar-refractivity contribution in [1.29, 1.82) is 0 Å². The third kappa shape index (κ3) is 4.91. The number of nitrogens with zero attached hydrogens (tertiary/aromatic N) is 1. The number of anilines is 2. The van der Waals surface area contributed by atoms with Gasteiger partial charge in [-0.15, -0.1) is 11.3 Å². The fourth-order valence-corrected chi connectivity index (χ4v) is 5.92. The number of fused-ring (bicyclic) bond motifs is 1. The van der Waals surface area contributed by atoms with Crippen molar-refractivity contribution >= 4 is 33.8 Å². The van der Waals surface area contributed by atoms with Crippen molar-refractivity contribution in [3.05, 3.63) is 34.2 Å². The molecule has 32 heavy (non-hydrogen) atoms. The van der Waals surface area contributed by atoms with Gasteiger partial charge in [0.25, 0.3) is 5.91 Å². The van der Waals surface area contributed by atoms with Crippen molar-refractivity contribution in [2.45, 2.75) is 39.0 Å². The molecule has 0 saturated carbocycles. The average molecular weight is 458 g/mol. The number of benzene rings is 1. The van der Waals surface area contributed by atoms with Gasteiger partial charge in [0.15, 0.2) is 0 Å². The van der Waals surface area contributed by atoms with E-state index < -0.39 is 0 Å². The van der Waals surface area contributed by atoms with Crippen molar-refractivity contribution in [3.63, 3.8) is 0 Å². The van der Waals surface area contributed by atoms with Gasteiger partial charge in [-0.05, 0) is 62.3 Å². The van der Waals surface area contributed by atoms with E-state index in [4.69, 9.17) is 9.47 Å². The van der Waals surface area contributed by atoms with Crippen molar-refractivity contribution in [2.24, 2.45) is 5.92 Å². The summed E-state index contributed by atoms with van der Waals surface area (Å²) in [6, 6.07) is 5.27. The summed E-state index contributed by atoms with van der Waals surface area (Å²) in [6.07, 6.45) is 5.18. The van der Waals surface area contributed by atoms with E-state index in [1.165, 1.54) is 22.6 Å². The van der Waals surface area contributed by atoms with Crippen LogP contribution < -0.4 is 20.1 Å². The lowest BCUT2D eigenvalue weighted by molar-refractivity contribution is -0.117. The van der Waals surface area contributed by atoms with E-state index in [1.807, 2.05) is 0 Å². The zero-order valence-corrected chi connectivity index (χ0v) is 19.8. The number of nitrogens with one attached hydrogen (secondary N) is 2. The summed E-state index contributed by atoms with van der Waals surface area (Å²) in [5, 5.41) is 6.66. The van der Waals surface area contributed by atoms with Gasteiger partial charge in [0, 0.05) is 17.5 Å². The van der Waals surface area contributed by atoms with Crippen LogP contribution in [0.1, 0.15) is 47.0 Å². The lowest BCUT2D eigenvalue weighted by Gasteiger charge is -2.30. The molecule has 0 bridgehead atoms. The highest BCUT2D eigenvalue weighted by Gasteiger charge is 2.28. The number of rotatable bonds is 7. The molecular weight excluding hydrogens is 426 g/mol. The second-order valence-corrected chi connectivity index (χ2v) is 9.72. The molecule has 1 aliphatic carbocycles. The number of hydrogen-bond donors (Lipinski definition) is 2. The van der Waals surface area contributed by atoms with Gasteiger partial charge < -0.3 is 20.1 Å². The molecule has 1 atom stereocenters. The van der Waals surface area contributed by atoms with Crippen LogP contribution in [0.3, 0.4) is 0 Å². The number of methoxy groups -OCH3 is 2. The molecule has 172 valence electrons. The van der Waals surface area contributed by atoms with Crippen molar-refractivity contribution in [1.82, 2.24) is 4.90 Å². The molecule has 0 spiro atoms. The summed E-state index contributed by atoms with van der Waals surface area (Å²) in [5.41, 5.74) is 2.21. The Balaban J connectivity index is 1.52. The van der Waals surface area contributed by atoms with E-state index in [9.17, 15) is 9.59 Å². The molecule has 1 aliphatic heterocycles. The third-order valence-corrected chi connectivity index (χ3v) is 7.37. The van der Waals surface area contributed by atoms with Gasteiger partial charge >= 0.3 is 0 Å². The maximum absolute atomic E-state index is 13.3. The number of likely N-dealkylation sites (tertiary alicyclic amines) is 1. The predicted octanol–water partition coefficient (Wildman–Crippen LogP) is 4.18. The number of ether oxygens (including phenoxy) is 2. The second kappa shape index (κ2) is 9.92. The van der Waals surface area contributed by atoms with Crippen molar-refractivity contribution in [3.8, 4) is 11.5 Å². The molecule has 0 radical (unpaired) electrons. The van der Waals surface area contributed by atoms with Gasteiger partial charge in [-0.2, -0.15) is 0 Å². The van der Waals surface area contributed by atoms with Gasteiger partial charge in [-0.3, -0.25) is 14.5 Å². The normalized spacial score (nSPS) is 18.2. The number of carbonyl (C=O) groups excluding carboxylic acids is 2. The molecule has 2 amide bonds. The van der Waals surface area contributed by atoms with Crippen LogP contribution in [0.25, 0.3) is 0 Å². The van der Waals surface area contributed by atoms with E-state index in [-0.39, 0.29) is 11.8 Å². The summed E-state index contributed by atoms with van der Waals surface area (Å²) in [6.45, 7) is 4.48. The quantitative estimate of drug-likeness (QED) is 0.652. The van der Waals surface area contributed by atoms with Crippen LogP contribution >= 0.6 is 11.3 Å². The van der Waals surface area contributed by atoms with Crippen LogP contribution in [-0.4, -0.2) is 50.6 Å². The van der Waals surface area contributed by atoms with Gasteiger partial charge in [0.1, 0.15) is 16.5 Å². The zero-order chi connectivity index (χ0) is 22.7. The highest BCUT2D eigenvalue weighted by Crippen LogP contribution is 2.40. The average Bonchev–Trinajstić information content (AvgIpc) is 3.34. The summed E-state index contributed by atoms with van der Waals surface area (Å²) >= 11 is 1.53. The molecule has 7 nitrogen and oxygen atoms in total. The van der Waals surface area contributed by atoms with Gasteiger partial charge in [0.2, 0.25) is 5.91 Å². The maximum Gasteiger partial charge on any atom is 0.259 e. The minimum absolute atomic E-state index is 0.0601. The van der Waals surface area contributed by atoms with E-state index >= 15 is 0 Å². The molecule has 8 heteroatoms. The number of aryl methyl sites for hydroxylation is 1. The summed E-state index contributed by atoms with van der Waals surface area (Å²) < 4.78 is 10.7. The minimum Gasteiger partial charge on any atom is -0.497 e. The predicted molar refractivity (Wildman–Crippen MR) is 127 cm³/mol. The van der Waals surface area contributed by atoms with E-state index in [0.29, 0.717) is 40.2 Å². The number of thiophene rings is 1. The molecular formula is C24H31N3O4S. The first-order chi connectivity index (χ1) is 15.5. The molecule has 2 aliphatic rings. The maximum atomic E-state index is 13.3. The lowest BCUT2D eigenvalue weighted by Crippen LogP contribution is -2.39. The smallest absolute Gasteiger partial charge is 0.259 e. The van der Waals surface area contributed by atoms with E-state index in [0.717, 1.165) is 44.3 Å². The van der Waals surface area contributed by atoms with Crippen LogP contribution in [0, 0.1) is 5.92 Å². The number of amides is 2. The molecule has 1 saturated heterocycles. The number of hydrogen-bond acceptors (Lipinski definition) is 6. The minimum atomic E-state index is -0.227. The molecule has 4 rings (SSSR count). The molecule has 2 N–H and O–H groups in total. The Bertz CT molecular complexity index is 1000. The first-order valence-corrected chi connectivity index (χ1v) is 12.0. The fourth-order valence-electron chi connectivity index (χ4n) is 4.62. The Morgan fingerprint density at radius 1 is 1.16 bits per heavy atom. The largest absolute Gasteiger partial charge is 0.497 e. The van der Waals surface area contributed by atoms with Crippen LogP contribution in [-0.2, 0) is 17.6 Å². The Labute approximate surface area is 193 Å². The van der Waals surface area contributed by atoms with Crippen molar-refractivity contribution < 1.29 is 19.1 Å².